The topological polar surface area (TPSA) is 170 Å². The van der Waals surface area contributed by atoms with Gasteiger partial charge in [-0.3, -0.25) is 19.2 Å². The molecule has 0 bridgehead atoms. The highest BCUT2D eigenvalue weighted by molar-refractivity contribution is 7.09. The maximum absolute atomic E-state index is 13.1. The third-order valence-electron chi connectivity index (χ3n) is 7.98. The number of hydrogen-bond donors (Lipinski definition) is 4. The SMILES string of the molecule is CCCCC(=O)N(C)C(CC(OC(C)=O)c1nc(C(=O)N[C@H](CCC)Cc2ccc(N)cc2)cs1)C(C)C.CNCCCCCC(N)=O. The number of anilines is 1. The summed E-state index contributed by atoms with van der Waals surface area (Å²) >= 11 is 1.30. The van der Waals surface area contributed by atoms with Gasteiger partial charge in [-0.2, -0.15) is 0 Å². The molecular weight excluding hydrogens is 629 g/mol. The second kappa shape index (κ2) is 23.8. The van der Waals surface area contributed by atoms with E-state index in [1.807, 2.05) is 38.4 Å². The van der Waals surface area contributed by atoms with Crippen LogP contribution in [0.3, 0.4) is 0 Å². The zero-order chi connectivity index (χ0) is 36.1. The third-order valence-corrected chi connectivity index (χ3v) is 8.92. The van der Waals surface area contributed by atoms with Crippen molar-refractivity contribution < 1.29 is 23.9 Å². The first-order valence-electron chi connectivity index (χ1n) is 17.3. The quantitative estimate of drug-likeness (QED) is 0.0726. The molecule has 1 aromatic heterocycles. The van der Waals surface area contributed by atoms with E-state index in [0.717, 1.165) is 57.1 Å². The molecule has 12 heteroatoms. The number of nitrogen functional groups attached to an aromatic ring is 1. The number of amides is 3. The Balaban J connectivity index is 0.000000993. The Labute approximate surface area is 292 Å². The molecule has 2 unspecified atom stereocenters. The predicted octanol–water partition coefficient (Wildman–Crippen LogP) is 5.79. The second-order valence-electron chi connectivity index (χ2n) is 12.6. The van der Waals surface area contributed by atoms with Gasteiger partial charge in [0.25, 0.3) is 5.91 Å². The van der Waals surface area contributed by atoms with Gasteiger partial charge in [-0.1, -0.05) is 59.1 Å². The number of thiazole rings is 1. The van der Waals surface area contributed by atoms with Gasteiger partial charge in [-0.25, -0.2) is 4.98 Å². The number of carbonyl (C=O) groups excluding carboxylic acids is 4. The number of nitrogens with two attached hydrogens (primary N) is 2. The molecule has 48 heavy (non-hydrogen) atoms. The van der Waals surface area contributed by atoms with E-state index < -0.39 is 12.1 Å². The molecule has 0 aliphatic heterocycles. The predicted molar refractivity (Wildman–Crippen MR) is 194 cm³/mol. The molecule has 0 aliphatic carbocycles. The number of rotatable bonds is 21. The molecule has 2 aromatic rings. The zero-order valence-corrected chi connectivity index (χ0v) is 31.0. The van der Waals surface area contributed by atoms with Crippen LogP contribution in [-0.4, -0.2) is 66.3 Å². The zero-order valence-electron chi connectivity index (χ0n) is 30.2. The van der Waals surface area contributed by atoms with Crippen molar-refractivity contribution in [1.82, 2.24) is 20.5 Å². The molecule has 6 N–H and O–H groups in total. The molecule has 0 spiro atoms. The van der Waals surface area contributed by atoms with Crippen molar-refractivity contribution in [3.63, 3.8) is 0 Å². The molecule has 0 aliphatic rings. The van der Waals surface area contributed by atoms with E-state index in [1.54, 1.807) is 10.3 Å². The minimum absolute atomic E-state index is 0.0429. The average molecular weight is 689 g/mol. The van der Waals surface area contributed by atoms with Crippen LogP contribution in [0.4, 0.5) is 5.69 Å². The largest absolute Gasteiger partial charge is 0.455 e. The van der Waals surface area contributed by atoms with Gasteiger partial charge in [0.2, 0.25) is 11.8 Å². The molecule has 1 aromatic carbocycles. The lowest BCUT2D eigenvalue weighted by atomic mass is 9.96. The Bertz CT molecular complexity index is 1240. The average Bonchev–Trinajstić information content (AvgIpc) is 3.53. The van der Waals surface area contributed by atoms with E-state index in [2.05, 4.69) is 43.3 Å². The lowest BCUT2D eigenvalue weighted by molar-refractivity contribution is -0.148. The van der Waals surface area contributed by atoms with Gasteiger partial charge in [0.05, 0.1) is 0 Å². The first-order valence-corrected chi connectivity index (χ1v) is 18.2. The van der Waals surface area contributed by atoms with E-state index in [4.69, 9.17) is 16.2 Å². The summed E-state index contributed by atoms with van der Waals surface area (Å²) in [4.78, 5) is 54.4. The molecule has 0 saturated heterocycles. The summed E-state index contributed by atoms with van der Waals surface area (Å²) < 4.78 is 5.66. The Morgan fingerprint density at radius 2 is 1.69 bits per heavy atom. The summed E-state index contributed by atoms with van der Waals surface area (Å²) in [5.74, 6) is -0.645. The number of ether oxygens (including phenoxy) is 1. The monoisotopic (exact) mass is 688 g/mol. The molecular formula is C36H60N6O5S. The van der Waals surface area contributed by atoms with E-state index >= 15 is 0 Å². The number of unbranched alkanes of at least 4 members (excludes halogenated alkanes) is 3. The number of esters is 1. The third kappa shape index (κ3) is 17.1. The Morgan fingerprint density at radius 1 is 1.00 bits per heavy atom. The lowest BCUT2D eigenvalue weighted by Gasteiger charge is -2.33. The van der Waals surface area contributed by atoms with Gasteiger partial charge < -0.3 is 31.7 Å². The van der Waals surface area contributed by atoms with Gasteiger partial charge in [0.1, 0.15) is 10.7 Å². The lowest BCUT2D eigenvalue weighted by Crippen LogP contribution is -2.41. The number of aromatic nitrogens is 1. The highest BCUT2D eigenvalue weighted by Crippen LogP contribution is 2.30. The van der Waals surface area contributed by atoms with Crippen LogP contribution >= 0.6 is 11.3 Å². The number of carbonyl (C=O) groups is 4. The standard InChI is InChI=1S/C29H44N4O4S.C7H16N2O/c1-7-9-11-27(35)33(6)25(19(3)4)17-26(37-20(5)34)29-32-24(18-38-29)28(36)31-23(10-8-2)16-21-12-14-22(30)15-13-21;1-9-6-4-2-3-5-7(8)10/h12-15,18-19,23,25-26H,7-11,16-17,30H2,1-6H3,(H,31,36);9H,2-6H2,1H3,(H2,8,10)/t23-,25?,26?;/m1./s1. The van der Waals surface area contributed by atoms with Crippen LogP contribution in [0.25, 0.3) is 0 Å². The summed E-state index contributed by atoms with van der Waals surface area (Å²) in [5.41, 5.74) is 12.9. The first kappa shape index (κ1) is 42.5. The number of primary amides is 1. The van der Waals surface area contributed by atoms with Crippen LogP contribution in [0.15, 0.2) is 29.6 Å². The molecule has 11 nitrogen and oxygen atoms in total. The fraction of sp³-hybridized carbons (Fsp3) is 0.639. The van der Waals surface area contributed by atoms with Crippen molar-refractivity contribution >= 4 is 40.7 Å². The van der Waals surface area contributed by atoms with Crippen LogP contribution in [0.5, 0.6) is 0 Å². The number of hydrogen-bond acceptors (Lipinski definition) is 9. The van der Waals surface area contributed by atoms with Crippen LogP contribution < -0.4 is 22.1 Å². The fourth-order valence-electron chi connectivity index (χ4n) is 5.27. The summed E-state index contributed by atoms with van der Waals surface area (Å²) in [7, 11) is 3.73. The summed E-state index contributed by atoms with van der Waals surface area (Å²) in [5, 5.41) is 8.41. The van der Waals surface area contributed by atoms with E-state index in [9.17, 15) is 19.2 Å². The summed E-state index contributed by atoms with van der Waals surface area (Å²) in [6.07, 6.45) is 8.18. The van der Waals surface area contributed by atoms with Crippen molar-refractivity contribution in [3.05, 3.63) is 45.9 Å². The van der Waals surface area contributed by atoms with Gasteiger partial charge in [0, 0.05) is 56.4 Å². The van der Waals surface area contributed by atoms with Crippen LogP contribution in [0, 0.1) is 5.92 Å². The van der Waals surface area contributed by atoms with Crippen molar-refractivity contribution in [2.24, 2.45) is 11.7 Å². The van der Waals surface area contributed by atoms with Crippen molar-refractivity contribution in [2.75, 3.05) is 26.4 Å². The minimum atomic E-state index is -0.644. The molecule has 1 heterocycles. The molecule has 270 valence electrons. The minimum Gasteiger partial charge on any atom is -0.455 e. The number of benzene rings is 1. The molecule has 0 radical (unpaired) electrons. The number of nitrogens with one attached hydrogen (secondary N) is 2. The van der Waals surface area contributed by atoms with Crippen molar-refractivity contribution in [2.45, 2.75) is 123 Å². The van der Waals surface area contributed by atoms with Crippen LogP contribution in [0.1, 0.15) is 126 Å². The molecule has 2 rings (SSSR count). The number of nitrogens with zero attached hydrogens (tertiary/aromatic N) is 2. The molecule has 0 saturated carbocycles. The van der Waals surface area contributed by atoms with Crippen molar-refractivity contribution in [3.8, 4) is 0 Å². The molecule has 3 amide bonds. The summed E-state index contributed by atoms with van der Waals surface area (Å²) in [6, 6.07) is 7.49. The molecule has 3 atom stereocenters. The van der Waals surface area contributed by atoms with E-state index in [0.29, 0.717) is 42.1 Å². The smallest absolute Gasteiger partial charge is 0.303 e. The van der Waals surface area contributed by atoms with Gasteiger partial charge in [-0.05, 0) is 69.3 Å². The van der Waals surface area contributed by atoms with Gasteiger partial charge in [0.15, 0.2) is 6.10 Å². The highest BCUT2D eigenvalue weighted by atomic mass is 32.1. The highest BCUT2D eigenvalue weighted by Gasteiger charge is 2.30. The maximum Gasteiger partial charge on any atom is 0.303 e. The first-order chi connectivity index (χ1) is 22.8. The van der Waals surface area contributed by atoms with E-state index in [-0.39, 0.29) is 35.7 Å². The van der Waals surface area contributed by atoms with Crippen LogP contribution in [-0.2, 0) is 25.5 Å². The fourth-order valence-corrected chi connectivity index (χ4v) is 6.11. The maximum atomic E-state index is 13.1. The van der Waals surface area contributed by atoms with Gasteiger partial charge in [-0.15, -0.1) is 11.3 Å². The normalized spacial score (nSPS) is 12.8. The Kier molecular flexibility index (Phi) is 21.0. The Hall–Kier alpha value is -3.51. The molecule has 0 fully saturated rings. The summed E-state index contributed by atoms with van der Waals surface area (Å²) in [6.45, 7) is 10.6. The Morgan fingerprint density at radius 3 is 2.25 bits per heavy atom. The van der Waals surface area contributed by atoms with E-state index in [1.165, 1.54) is 18.3 Å². The van der Waals surface area contributed by atoms with Gasteiger partial charge >= 0.3 is 5.97 Å². The van der Waals surface area contributed by atoms with Crippen molar-refractivity contribution in [1.29, 1.82) is 0 Å². The second-order valence-corrected chi connectivity index (χ2v) is 13.5. The van der Waals surface area contributed by atoms with Crippen LogP contribution in [0.2, 0.25) is 0 Å².